The van der Waals surface area contributed by atoms with E-state index in [0.29, 0.717) is 18.0 Å². The maximum atomic E-state index is 5.78. The van der Waals surface area contributed by atoms with Crippen LogP contribution in [0, 0.1) is 6.92 Å². The van der Waals surface area contributed by atoms with Gasteiger partial charge in [0.2, 0.25) is 0 Å². The number of nitrogens with two attached hydrogens (primary N) is 1. The van der Waals surface area contributed by atoms with Gasteiger partial charge in [0.15, 0.2) is 0 Å². The van der Waals surface area contributed by atoms with E-state index in [9.17, 15) is 0 Å². The van der Waals surface area contributed by atoms with Crippen LogP contribution in [0.15, 0.2) is 30.5 Å². The van der Waals surface area contributed by atoms with Crippen molar-refractivity contribution in [2.75, 3.05) is 5.73 Å². The van der Waals surface area contributed by atoms with Gasteiger partial charge in [-0.05, 0) is 19.1 Å². The number of anilines is 1. The molecule has 2 N–H and O–H groups in total. The molecule has 2 rings (SSSR count). The summed E-state index contributed by atoms with van der Waals surface area (Å²) in [7, 11) is 1.90. The summed E-state index contributed by atoms with van der Waals surface area (Å²) >= 11 is 0. The lowest BCUT2D eigenvalue weighted by Gasteiger charge is -2.07. The van der Waals surface area contributed by atoms with E-state index >= 15 is 0 Å². The third-order valence-electron chi connectivity index (χ3n) is 2.42. The van der Waals surface area contributed by atoms with E-state index < -0.39 is 0 Å². The minimum absolute atomic E-state index is 0.494. The van der Waals surface area contributed by atoms with Crippen LogP contribution in [-0.2, 0) is 13.7 Å². The number of hydrogen-bond acceptors (Lipinski definition) is 3. The zero-order chi connectivity index (χ0) is 11.5. The smallest absolute Gasteiger partial charge is 0.142 e. The monoisotopic (exact) mass is 217 g/mol. The molecule has 0 spiro atoms. The number of rotatable bonds is 3. The first-order valence-electron chi connectivity index (χ1n) is 5.13. The molecule has 1 aromatic heterocycles. The zero-order valence-corrected chi connectivity index (χ0v) is 9.47. The van der Waals surface area contributed by atoms with Crippen LogP contribution in [0.3, 0.4) is 0 Å². The van der Waals surface area contributed by atoms with Gasteiger partial charge >= 0.3 is 0 Å². The second-order valence-electron chi connectivity index (χ2n) is 3.74. The summed E-state index contributed by atoms with van der Waals surface area (Å²) < 4.78 is 7.42. The molecule has 0 amide bonds. The Morgan fingerprint density at radius 1 is 1.38 bits per heavy atom. The quantitative estimate of drug-likeness (QED) is 0.799. The highest BCUT2D eigenvalue weighted by molar-refractivity contribution is 5.51. The molecule has 0 bridgehead atoms. The summed E-state index contributed by atoms with van der Waals surface area (Å²) in [6.07, 6.45) is 1.95. The molecule has 0 unspecified atom stereocenters. The van der Waals surface area contributed by atoms with Crippen molar-refractivity contribution in [2.24, 2.45) is 7.05 Å². The van der Waals surface area contributed by atoms with E-state index in [1.807, 2.05) is 44.4 Å². The van der Waals surface area contributed by atoms with Gasteiger partial charge in [-0.25, -0.2) is 0 Å². The summed E-state index contributed by atoms with van der Waals surface area (Å²) in [6, 6.07) is 7.48. The third-order valence-corrected chi connectivity index (χ3v) is 2.42. The topological polar surface area (TPSA) is 53.1 Å². The van der Waals surface area contributed by atoms with E-state index in [-0.39, 0.29) is 0 Å². The molecule has 0 aliphatic carbocycles. The van der Waals surface area contributed by atoms with Crippen LogP contribution in [0.1, 0.15) is 11.3 Å². The molecule has 0 saturated heterocycles. The number of para-hydroxylation sites is 2. The Hall–Kier alpha value is -1.97. The minimum atomic E-state index is 0.494. The average Bonchev–Trinajstić information content (AvgIpc) is 2.56. The van der Waals surface area contributed by atoms with Crippen molar-refractivity contribution >= 4 is 5.69 Å². The Kier molecular flexibility index (Phi) is 2.81. The number of aryl methyl sites for hydroxylation is 2. The summed E-state index contributed by atoms with van der Waals surface area (Å²) in [5, 5.41) is 4.25. The van der Waals surface area contributed by atoms with Gasteiger partial charge in [-0.1, -0.05) is 12.1 Å². The number of ether oxygens (including phenoxy) is 1. The fraction of sp³-hybridized carbons (Fsp3) is 0.250. The molecule has 4 heteroatoms. The minimum Gasteiger partial charge on any atom is -0.487 e. The van der Waals surface area contributed by atoms with Crippen LogP contribution in [-0.4, -0.2) is 9.78 Å². The predicted molar refractivity (Wildman–Crippen MR) is 63.1 cm³/mol. The van der Waals surface area contributed by atoms with E-state index in [4.69, 9.17) is 10.5 Å². The Bertz CT molecular complexity index is 491. The molecule has 0 aliphatic heterocycles. The molecule has 84 valence electrons. The summed E-state index contributed by atoms with van der Waals surface area (Å²) in [5.74, 6) is 0.714. The molecular formula is C12H15N3O. The van der Waals surface area contributed by atoms with Crippen LogP contribution in [0.2, 0.25) is 0 Å². The highest BCUT2D eigenvalue weighted by Crippen LogP contribution is 2.21. The number of hydrogen-bond donors (Lipinski definition) is 1. The van der Waals surface area contributed by atoms with Gasteiger partial charge in [-0.2, -0.15) is 5.10 Å². The summed E-state index contributed by atoms with van der Waals surface area (Å²) in [4.78, 5) is 0. The maximum absolute atomic E-state index is 5.78. The predicted octanol–water partition coefficient (Wildman–Crippen LogP) is 1.89. The first-order valence-corrected chi connectivity index (χ1v) is 5.13. The maximum Gasteiger partial charge on any atom is 0.142 e. The molecule has 0 fully saturated rings. The largest absolute Gasteiger partial charge is 0.487 e. The molecule has 2 aromatic rings. The van der Waals surface area contributed by atoms with E-state index in [0.717, 1.165) is 11.3 Å². The van der Waals surface area contributed by atoms with E-state index in [1.54, 1.807) is 4.68 Å². The first-order chi connectivity index (χ1) is 7.66. The Morgan fingerprint density at radius 2 is 2.12 bits per heavy atom. The summed E-state index contributed by atoms with van der Waals surface area (Å²) in [6.45, 7) is 2.46. The van der Waals surface area contributed by atoms with Gasteiger partial charge in [-0.3, -0.25) is 4.68 Å². The van der Waals surface area contributed by atoms with Crippen LogP contribution >= 0.6 is 0 Å². The highest BCUT2D eigenvalue weighted by atomic mass is 16.5. The van der Waals surface area contributed by atoms with Crippen molar-refractivity contribution in [1.82, 2.24) is 9.78 Å². The Morgan fingerprint density at radius 3 is 2.75 bits per heavy atom. The van der Waals surface area contributed by atoms with Crippen molar-refractivity contribution in [2.45, 2.75) is 13.5 Å². The van der Waals surface area contributed by atoms with Crippen molar-refractivity contribution in [3.8, 4) is 5.75 Å². The lowest BCUT2D eigenvalue weighted by Crippen LogP contribution is -1.98. The SMILES string of the molecule is Cc1nn(C)cc1COc1ccccc1N. The molecule has 4 nitrogen and oxygen atoms in total. The van der Waals surface area contributed by atoms with Gasteiger partial charge in [0.1, 0.15) is 12.4 Å². The van der Waals surface area contributed by atoms with Gasteiger partial charge in [0.25, 0.3) is 0 Å². The fourth-order valence-corrected chi connectivity index (χ4v) is 1.56. The third kappa shape index (κ3) is 2.16. The van der Waals surface area contributed by atoms with Gasteiger partial charge in [-0.15, -0.1) is 0 Å². The first kappa shape index (κ1) is 10.5. The second-order valence-corrected chi connectivity index (χ2v) is 3.74. The van der Waals surface area contributed by atoms with Crippen LogP contribution in [0.5, 0.6) is 5.75 Å². The van der Waals surface area contributed by atoms with Crippen molar-refractivity contribution < 1.29 is 4.74 Å². The molecule has 1 aromatic carbocycles. The lowest BCUT2D eigenvalue weighted by atomic mass is 10.3. The van der Waals surface area contributed by atoms with Crippen molar-refractivity contribution in [1.29, 1.82) is 0 Å². The van der Waals surface area contributed by atoms with Crippen LogP contribution in [0.25, 0.3) is 0 Å². The van der Waals surface area contributed by atoms with Crippen molar-refractivity contribution in [3.63, 3.8) is 0 Å². The molecule has 1 heterocycles. The average molecular weight is 217 g/mol. The normalized spacial score (nSPS) is 10.4. The standard InChI is InChI=1S/C12H15N3O/c1-9-10(7-15(2)14-9)8-16-12-6-4-3-5-11(12)13/h3-7H,8,13H2,1-2H3. The van der Waals surface area contributed by atoms with E-state index in [2.05, 4.69) is 5.10 Å². The molecule has 16 heavy (non-hydrogen) atoms. The van der Waals surface area contributed by atoms with Gasteiger partial charge in [0, 0.05) is 18.8 Å². The number of nitrogens with zero attached hydrogens (tertiary/aromatic N) is 2. The number of benzene rings is 1. The number of nitrogen functional groups attached to an aromatic ring is 1. The zero-order valence-electron chi connectivity index (χ0n) is 9.47. The molecule has 0 aliphatic rings. The van der Waals surface area contributed by atoms with Crippen LogP contribution < -0.4 is 10.5 Å². The fourth-order valence-electron chi connectivity index (χ4n) is 1.56. The Balaban J connectivity index is 2.08. The molecule has 0 radical (unpaired) electrons. The molecule has 0 saturated carbocycles. The molecular weight excluding hydrogens is 202 g/mol. The van der Waals surface area contributed by atoms with Gasteiger partial charge < -0.3 is 10.5 Å². The molecule has 0 atom stereocenters. The van der Waals surface area contributed by atoms with Crippen molar-refractivity contribution in [3.05, 3.63) is 41.7 Å². The van der Waals surface area contributed by atoms with Crippen LogP contribution in [0.4, 0.5) is 5.69 Å². The van der Waals surface area contributed by atoms with Gasteiger partial charge in [0.05, 0.1) is 11.4 Å². The van der Waals surface area contributed by atoms with E-state index in [1.165, 1.54) is 0 Å². The summed E-state index contributed by atoms with van der Waals surface area (Å²) in [5.41, 5.74) is 8.50. The second kappa shape index (κ2) is 4.26. The highest BCUT2D eigenvalue weighted by Gasteiger charge is 2.05. The Labute approximate surface area is 94.6 Å². The lowest BCUT2D eigenvalue weighted by molar-refractivity contribution is 0.307. The number of aromatic nitrogens is 2.